The number of nitro groups is 1. The largest absolute Gasteiger partial charge is 0.461 e. The molecule has 0 fully saturated rings. The Morgan fingerprint density at radius 2 is 2.12 bits per heavy atom. The lowest BCUT2D eigenvalue weighted by Crippen LogP contribution is -2.06. The van der Waals surface area contributed by atoms with E-state index in [2.05, 4.69) is 25.3 Å². The molecule has 0 unspecified atom stereocenters. The Labute approximate surface area is 92.4 Å². The van der Waals surface area contributed by atoms with Crippen molar-refractivity contribution in [2.24, 2.45) is 0 Å². The van der Waals surface area contributed by atoms with Crippen LogP contribution in [0.5, 0.6) is 0 Å². The second-order valence-electron chi connectivity index (χ2n) is 2.88. The van der Waals surface area contributed by atoms with Gasteiger partial charge in [-0.1, -0.05) is 5.21 Å². The van der Waals surface area contributed by atoms with Crippen LogP contribution in [0.2, 0.25) is 0 Å². The van der Waals surface area contributed by atoms with Crippen molar-refractivity contribution in [2.75, 3.05) is 0 Å². The smallest absolute Gasteiger partial charge is 0.390 e. The monoisotopic (exact) mass is 242 g/mol. The van der Waals surface area contributed by atoms with E-state index in [1.807, 2.05) is 0 Å². The topological polar surface area (TPSA) is 153 Å². The average Bonchev–Trinajstić information content (AvgIpc) is 2.93. The molecule has 0 saturated carbocycles. The van der Waals surface area contributed by atoms with Crippen LogP contribution in [0, 0.1) is 10.1 Å². The van der Waals surface area contributed by atoms with Gasteiger partial charge in [0.05, 0.1) is 18.9 Å². The van der Waals surface area contributed by atoms with Crippen molar-refractivity contribution in [3.05, 3.63) is 21.5 Å². The second-order valence-corrected chi connectivity index (χ2v) is 2.88. The van der Waals surface area contributed by atoms with Crippen LogP contribution in [0.3, 0.4) is 0 Å². The molecule has 0 aliphatic carbocycles. The van der Waals surface area contributed by atoms with Gasteiger partial charge in [0.2, 0.25) is 0 Å². The molecule has 2 N–H and O–H groups in total. The van der Waals surface area contributed by atoms with Crippen LogP contribution < -0.4 is 0 Å². The molecule has 17 heavy (non-hydrogen) atoms. The molecule has 0 aliphatic heterocycles. The molecular weight excluding hydrogens is 236 g/mol. The maximum atomic E-state index is 10.6. The molecule has 2 aromatic heterocycles. The molecule has 0 spiro atoms. The average molecular weight is 242 g/mol. The lowest BCUT2D eigenvalue weighted by molar-refractivity contribution is -0.390. The van der Waals surface area contributed by atoms with Crippen molar-refractivity contribution in [3.63, 3.8) is 0 Å². The van der Waals surface area contributed by atoms with Crippen molar-refractivity contribution >= 4 is 5.82 Å². The molecule has 11 nitrogen and oxygen atoms in total. The van der Waals surface area contributed by atoms with E-state index in [9.17, 15) is 10.1 Å². The van der Waals surface area contributed by atoms with Gasteiger partial charge in [0, 0.05) is 5.16 Å². The number of hydrogen-bond donors (Lipinski definition) is 2. The van der Waals surface area contributed by atoms with Gasteiger partial charge in [0.1, 0.15) is 5.69 Å². The maximum absolute atomic E-state index is 10.6. The Morgan fingerprint density at radius 1 is 1.35 bits per heavy atom. The third-order valence-corrected chi connectivity index (χ3v) is 1.97. The predicted octanol–water partition coefficient (Wildman–Crippen LogP) is -1.46. The summed E-state index contributed by atoms with van der Waals surface area (Å²) in [4.78, 5) is 9.79. The fourth-order valence-corrected chi connectivity index (χ4v) is 1.21. The van der Waals surface area contributed by atoms with E-state index in [-0.39, 0.29) is 17.2 Å². The minimum atomic E-state index is -0.812. The van der Waals surface area contributed by atoms with E-state index in [1.54, 1.807) is 0 Å². The number of nitrogens with zero attached hydrogens (tertiary/aromatic N) is 6. The lowest BCUT2D eigenvalue weighted by atomic mass is 10.3. The summed E-state index contributed by atoms with van der Waals surface area (Å²) in [7, 11) is 0. The van der Waals surface area contributed by atoms with Gasteiger partial charge in [-0.2, -0.15) is 4.68 Å². The highest BCUT2D eigenvalue weighted by molar-refractivity contribution is 5.38. The van der Waals surface area contributed by atoms with Crippen LogP contribution in [-0.2, 0) is 13.2 Å². The van der Waals surface area contributed by atoms with Gasteiger partial charge in [0.25, 0.3) is 0 Å². The first kappa shape index (κ1) is 11.1. The Balaban J connectivity index is 2.56. The zero-order valence-corrected chi connectivity index (χ0v) is 8.22. The molecule has 0 radical (unpaired) electrons. The molecule has 0 aromatic carbocycles. The van der Waals surface area contributed by atoms with Gasteiger partial charge in [0.15, 0.2) is 5.16 Å². The summed E-state index contributed by atoms with van der Waals surface area (Å²) in [5.41, 5.74) is 0.163. The van der Waals surface area contributed by atoms with E-state index < -0.39 is 24.0 Å². The van der Waals surface area contributed by atoms with Crippen LogP contribution in [0.4, 0.5) is 5.82 Å². The van der Waals surface area contributed by atoms with Crippen LogP contribution in [0.15, 0.2) is 4.63 Å². The first-order valence-electron chi connectivity index (χ1n) is 4.31. The van der Waals surface area contributed by atoms with Gasteiger partial charge in [-0.15, -0.1) is 9.73 Å². The molecule has 0 atom stereocenters. The Morgan fingerprint density at radius 3 is 2.71 bits per heavy atom. The van der Waals surface area contributed by atoms with Gasteiger partial charge in [-0.05, 0) is 4.92 Å². The van der Waals surface area contributed by atoms with Gasteiger partial charge in [-0.3, -0.25) is 0 Å². The third kappa shape index (κ3) is 1.72. The van der Waals surface area contributed by atoms with Gasteiger partial charge < -0.3 is 20.3 Å². The first-order valence-corrected chi connectivity index (χ1v) is 4.31. The van der Waals surface area contributed by atoms with E-state index >= 15 is 0 Å². The summed E-state index contributed by atoms with van der Waals surface area (Å²) in [6.45, 7) is -0.984. The van der Waals surface area contributed by atoms with Crippen LogP contribution in [0.1, 0.15) is 11.4 Å². The van der Waals surface area contributed by atoms with E-state index in [0.29, 0.717) is 0 Å². The Kier molecular flexibility index (Phi) is 2.76. The van der Waals surface area contributed by atoms with Crippen molar-refractivity contribution in [1.82, 2.24) is 25.3 Å². The summed E-state index contributed by atoms with van der Waals surface area (Å²) in [5.74, 6) is -0.972. The van der Waals surface area contributed by atoms with E-state index in [4.69, 9.17) is 10.2 Å². The number of aromatic nitrogens is 5. The Bertz CT molecular complexity index is 547. The highest BCUT2D eigenvalue weighted by Crippen LogP contribution is 2.19. The van der Waals surface area contributed by atoms with Crippen molar-refractivity contribution < 1.29 is 19.8 Å². The van der Waals surface area contributed by atoms with E-state index in [1.165, 1.54) is 0 Å². The van der Waals surface area contributed by atoms with E-state index in [0.717, 1.165) is 4.68 Å². The standard InChI is InChI=1S/C6H6N6O5/c13-1-3-4(2-14)11(10-7-3)5-6(12(15)16)9-17-8-5/h13-14H,1-2H2. The molecule has 2 aromatic rings. The molecule has 0 saturated heterocycles. The van der Waals surface area contributed by atoms with Crippen molar-refractivity contribution in [3.8, 4) is 5.82 Å². The molecular formula is C6H6N6O5. The molecule has 0 aliphatic rings. The van der Waals surface area contributed by atoms with Crippen molar-refractivity contribution in [1.29, 1.82) is 0 Å². The molecule has 0 amide bonds. The number of aliphatic hydroxyl groups excluding tert-OH is 2. The maximum Gasteiger partial charge on any atom is 0.461 e. The van der Waals surface area contributed by atoms with Crippen molar-refractivity contribution in [2.45, 2.75) is 13.2 Å². The normalized spacial score (nSPS) is 10.7. The zero-order valence-electron chi connectivity index (χ0n) is 8.22. The molecule has 2 rings (SSSR count). The zero-order chi connectivity index (χ0) is 12.4. The molecule has 11 heteroatoms. The lowest BCUT2D eigenvalue weighted by Gasteiger charge is -1.99. The summed E-state index contributed by atoms with van der Waals surface area (Å²) >= 11 is 0. The highest BCUT2D eigenvalue weighted by atomic mass is 16.6. The predicted molar refractivity (Wildman–Crippen MR) is 47.7 cm³/mol. The number of hydrogen-bond acceptors (Lipinski definition) is 9. The molecule has 2 heterocycles. The molecule has 90 valence electrons. The molecule has 0 bridgehead atoms. The number of rotatable bonds is 4. The number of aliphatic hydroxyl groups is 2. The summed E-state index contributed by atoms with van der Waals surface area (Å²) < 4.78 is 5.12. The first-order chi connectivity index (χ1) is 8.19. The third-order valence-electron chi connectivity index (χ3n) is 1.97. The minimum absolute atomic E-state index is 0.0753. The fraction of sp³-hybridized carbons (Fsp3) is 0.333. The van der Waals surface area contributed by atoms with Gasteiger partial charge >= 0.3 is 11.6 Å². The van der Waals surface area contributed by atoms with Gasteiger partial charge in [-0.25, -0.2) is 0 Å². The second kappa shape index (κ2) is 4.23. The minimum Gasteiger partial charge on any atom is -0.390 e. The summed E-state index contributed by atoms with van der Waals surface area (Å²) in [6.07, 6.45) is 0. The SMILES string of the molecule is O=[N+]([O-])c1nonc1-n1nnc(CO)c1CO. The summed E-state index contributed by atoms with van der Waals surface area (Å²) in [6, 6.07) is 0. The quantitative estimate of drug-likeness (QED) is 0.483. The fourth-order valence-electron chi connectivity index (χ4n) is 1.21. The Hall–Kier alpha value is -2.40. The van der Waals surface area contributed by atoms with Crippen LogP contribution in [0.25, 0.3) is 5.82 Å². The summed E-state index contributed by atoms with van der Waals surface area (Å²) in [5, 5.41) is 42.1. The van der Waals surface area contributed by atoms with Crippen LogP contribution in [-0.4, -0.2) is 40.4 Å². The highest BCUT2D eigenvalue weighted by Gasteiger charge is 2.27. The van der Waals surface area contributed by atoms with Crippen LogP contribution >= 0.6 is 0 Å².